The predicted molar refractivity (Wildman–Crippen MR) is 96.7 cm³/mol. The fraction of sp³-hybridized carbons (Fsp3) is 0.211. The maximum absolute atomic E-state index is 12.6. The molecule has 0 saturated carbocycles. The topological polar surface area (TPSA) is 94.9 Å². The molecule has 0 unspecified atom stereocenters. The van der Waals surface area contributed by atoms with E-state index < -0.39 is 0 Å². The van der Waals surface area contributed by atoms with Crippen molar-refractivity contribution in [3.63, 3.8) is 0 Å². The number of carbonyl (C=O) groups is 2. The van der Waals surface area contributed by atoms with E-state index in [1.807, 2.05) is 6.07 Å². The van der Waals surface area contributed by atoms with Gasteiger partial charge in [0.05, 0.1) is 11.6 Å². The molecule has 1 saturated heterocycles. The third-order valence-electron chi connectivity index (χ3n) is 4.39. The van der Waals surface area contributed by atoms with Crippen LogP contribution in [0.25, 0.3) is 0 Å². The van der Waals surface area contributed by atoms with Crippen LogP contribution in [0.15, 0.2) is 42.5 Å². The SMILES string of the molecule is N#Cc1ccc(NC(=O)CN2CCN(c3ccc4c(c3)OCO4)C2=O)cc1. The van der Waals surface area contributed by atoms with Crippen LogP contribution in [0, 0.1) is 11.3 Å². The molecule has 2 heterocycles. The van der Waals surface area contributed by atoms with E-state index >= 15 is 0 Å². The number of ether oxygens (including phenoxy) is 2. The van der Waals surface area contributed by atoms with E-state index in [2.05, 4.69) is 5.32 Å². The lowest BCUT2D eigenvalue weighted by Crippen LogP contribution is -2.37. The number of nitrogens with one attached hydrogen (secondary N) is 1. The lowest BCUT2D eigenvalue weighted by molar-refractivity contribution is -0.116. The molecule has 0 atom stereocenters. The fourth-order valence-electron chi connectivity index (χ4n) is 3.02. The molecule has 8 heteroatoms. The fourth-order valence-corrected chi connectivity index (χ4v) is 3.02. The number of rotatable bonds is 4. The van der Waals surface area contributed by atoms with Gasteiger partial charge in [0.25, 0.3) is 0 Å². The van der Waals surface area contributed by atoms with Crippen molar-refractivity contribution in [1.82, 2.24) is 4.90 Å². The van der Waals surface area contributed by atoms with Gasteiger partial charge < -0.3 is 19.7 Å². The molecule has 0 radical (unpaired) electrons. The lowest BCUT2D eigenvalue weighted by atomic mass is 10.2. The van der Waals surface area contributed by atoms with Crippen LogP contribution in [0.5, 0.6) is 11.5 Å². The van der Waals surface area contributed by atoms with Crippen LogP contribution in [0.4, 0.5) is 16.2 Å². The minimum absolute atomic E-state index is 0.0418. The minimum Gasteiger partial charge on any atom is -0.454 e. The second-order valence-electron chi connectivity index (χ2n) is 6.13. The second kappa shape index (κ2) is 6.88. The first-order chi connectivity index (χ1) is 13.1. The van der Waals surface area contributed by atoms with Crippen molar-refractivity contribution in [1.29, 1.82) is 5.26 Å². The lowest BCUT2D eigenvalue weighted by Gasteiger charge is -2.18. The first-order valence-electron chi connectivity index (χ1n) is 8.40. The van der Waals surface area contributed by atoms with Crippen molar-refractivity contribution in [2.24, 2.45) is 0 Å². The number of anilines is 2. The molecule has 1 N–H and O–H groups in total. The molecule has 2 aromatic rings. The Labute approximate surface area is 155 Å². The number of nitriles is 1. The van der Waals surface area contributed by atoms with Gasteiger partial charge in [0.2, 0.25) is 12.7 Å². The van der Waals surface area contributed by atoms with E-state index in [1.165, 1.54) is 4.90 Å². The summed E-state index contributed by atoms with van der Waals surface area (Å²) in [4.78, 5) is 28.0. The number of carbonyl (C=O) groups excluding carboxylic acids is 2. The summed E-state index contributed by atoms with van der Waals surface area (Å²) in [7, 11) is 0. The van der Waals surface area contributed by atoms with Gasteiger partial charge in [-0.05, 0) is 36.4 Å². The third-order valence-corrected chi connectivity index (χ3v) is 4.39. The zero-order chi connectivity index (χ0) is 18.8. The molecule has 0 aliphatic carbocycles. The molecule has 0 aromatic heterocycles. The van der Waals surface area contributed by atoms with Crippen LogP contribution in [0.3, 0.4) is 0 Å². The predicted octanol–water partition coefficient (Wildman–Crippen LogP) is 2.17. The first-order valence-corrected chi connectivity index (χ1v) is 8.40. The van der Waals surface area contributed by atoms with Crippen LogP contribution in [-0.2, 0) is 4.79 Å². The first kappa shape index (κ1) is 16.7. The van der Waals surface area contributed by atoms with E-state index in [1.54, 1.807) is 47.4 Å². The Morgan fingerprint density at radius 2 is 1.89 bits per heavy atom. The number of amides is 3. The van der Waals surface area contributed by atoms with Gasteiger partial charge >= 0.3 is 6.03 Å². The summed E-state index contributed by atoms with van der Waals surface area (Å²) >= 11 is 0. The summed E-state index contributed by atoms with van der Waals surface area (Å²) in [5.41, 5.74) is 1.81. The van der Waals surface area contributed by atoms with Gasteiger partial charge in [-0.1, -0.05) is 0 Å². The molecule has 0 bridgehead atoms. The van der Waals surface area contributed by atoms with Gasteiger partial charge in [-0.3, -0.25) is 9.69 Å². The molecule has 2 aliphatic heterocycles. The van der Waals surface area contributed by atoms with Gasteiger partial charge in [0.15, 0.2) is 11.5 Å². The molecule has 27 heavy (non-hydrogen) atoms. The maximum Gasteiger partial charge on any atom is 0.325 e. The molecule has 2 aliphatic rings. The highest BCUT2D eigenvalue weighted by molar-refractivity contribution is 5.99. The van der Waals surface area contributed by atoms with Crippen LogP contribution in [0.2, 0.25) is 0 Å². The van der Waals surface area contributed by atoms with Crippen LogP contribution >= 0.6 is 0 Å². The summed E-state index contributed by atoms with van der Waals surface area (Å²) in [5, 5.41) is 11.5. The zero-order valence-electron chi connectivity index (χ0n) is 14.3. The molecule has 1 fully saturated rings. The molecule has 3 amide bonds. The zero-order valence-corrected chi connectivity index (χ0v) is 14.3. The largest absolute Gasteiger partial charge is 0.454 e. The molecule has 8 nitrogen and oxygen atoms in total. The van der Waals surface area contributed by atoms with Crippen LogP contribution in [-0.4, -0.2) is 43.3 Å². The minimum atomic E-state index is -0.291. The summed E-state index contributed by atoms with van der Waals surface area (Å²) in [5.74, 6) is 0.974. The van der Waals surface area contributed by atoms with Crippen LogP contribution in [0.1, 0.15) is 5.56 Å². The van der Waals surface area contributed by atoms with E-state index in [0.29, 0.717) is 41.5 Å². The Balaban J connectivity index is 1.38. The van der Waals surface area contributed by atoms with Gasteiger partial charge in [-0.2, -0.15) is 5.26 Å². The standard InChI is InChI=1S/C19H16N4O4/c20-10-13-1-3-14(4-2-13)21-18(24)11-22-7-8-23(19(22)25)15-5-6-16-17(9-15)27-12-26-16/h1-6,9H,7-8,11-12H2,(H,21,24). The van der Waals surface area contributed by atoms with Crippen molar-refractivity contribution >= 4 is 23.3 Å². The maximum atomic E-state index is 12.6. The smallest absolute Gasteiger partial charge is 0.325 e. The Morgan fingerprint density at radius 3 is 2.67 bits per heavy atom. The third kappa shape index (κ3) is 3.35. The van der Waals surface area contributed by atoms with Crippen molar-refractivity contribution in [3.8, 4) is 17.6 Å². The Morgan fingerprint density at radius 1 is 1.11 bits per heavy atom. The van der Waals surface area contributed by atoms with Crippen molar-refractivity contribution in [2.45, 2.75) is 0 Å². The summed E-state index contributed by atoms with van der Waals surface area (Å²) in [6, 6.07) is 13.7. The normalized spacial score (nSPS) is 15.0. The van der Waals surface area contributed by atoms with E-state index in [4.69, 9.17) is 14.7 Å². The highest BCUT2D eigenvalue weighted by Crippen LogP contribution is 2.36. The highest BCUT2D eigenvalue weighted by atomic mass is 16.7. The number of hydrogen-bond donors (Lipinski definition) is 1. The Kier molecular flexibility index (Phi) is 4.26. The number of nitrogens with zero attached hydrogens (tertiary/aromatic N) is 3. The summed E-state index contributed by atoms with van der Waals surface area (Å²) < 4.78 is 10.6. The van der Waals surface area contributed by atoms with Gasteiger partial charge in [0, 0.05) is 30.5 Å². The number of fused-ring (bicyclic) bond motifs is 1. The summed E-state index contributed by atoms with van der Waals surface area (Å²) in [6.07, 6.45) is 0. The number of urea groups is 1. The molecule has 2 aromatic carbocycles. The molecular formula is C19H16N4O4. The second-order valence-corrected chi connectivity index (χ2v) is 6.13. The molecular weight excluding hydrogens is 348 g/mol. The number of hydrogen-bond acceptors (Lipinski definition) is 5. The molecule has 0 spiro atoms. The highest BCUT2D eigenvalue weighted by Gasteiger charge is 2.31. The monoisotopic (exact) mass is 364 g/mol. The Hall–Kier alpha value is -3.73. The van der Waals surface area contributed by atoms with E-state index in [-0.39, 0.29) is 25.3 Å². The van der Waals surface area contributed by atoms with Crippen molar-refractivity contribution in [2.75, 3.05) is 36.6 Å². The Bertz CT molecular complexity index is 936. The van der Waals surface area contributed by atoms with Gasteiger partial charge in [-0.15, -0.1) is 0 Å². The number of benzene rings is 2. The van der Waals surface area contributed by atoms with Crippen molar-refractivity contribution < 1.29 is 19.1 Å². The van der Waals surface area contributed by atoms with Gasteiger partial charge in [-0.25, -0.2) is 4.79 Å². The average molecular weight is 364 g/mol. The van der Waals surface area contributed by atoms with Gasteiger partial charge in [0.1, 0.15) is 6.54 Å². The van der Waals surface area contributed by atoms with Crippen LogP contribution < -0.4 is 19.7 Å². The van der Waals surface area contributed by atoms with E-state index in [0.717, 1.165) is 0 Å². The average Bonchev–Trinajstić information content (AvgIpc) is 3.29. The molecule has 136 valence electrons. The van der Waals surface area contributed by atoms with E-state index in [9.17, 15) is 9.59 Å². The molecule has 4 rings (SSSR count). The van der Waals surface area contributed by atoms with Crippen molar-refractivity contribution in [3.05, 3.63) is 48.0 Å². The summed E-state index contributed by atoms with van der Waals surface area (Å²) in [6.45, 7) is 1.07. The quantitative estimate of drug-likeness (QED) is 0.897.